The minimum Gasteiger partial charge on any atom is -0.349 e. The van der Waals surface area contributed by atoms with Gasteiger partial charge in [0.25, 0.3) is 0 Å². The lowest BCUT2D eigenvalue weighted by atomic mass is 9.98. The summed E-state index contributed by atoms with van der Waals surface area (Å²) >= 11 is 5.82. The van der Waals surface area contributed by atoms with Crippen LogP contribution in [0.5, 0.6) is 0 Å². The van der Waals surface area contributed by atoms with E-state index in [1.165, 1.54) is 0 Å². The van der Waals surface area contributed by atoms with E-state index in [1.807, 2.05) is 6.07 Å². The Morgan fingerprint density at radius 3 is 2.08 bits per heavy atom. The molecule has 0 saturated carbocycles. The zero-order valence-corrected chi connectivity index (χ0v) is 12.9. The first kappa shape index (κ1) is 16.2. The van der Waals surface area contributed by atoms with Crippen molar-refractivity contribution in [2.24, 2.45) is 0 Å². The molecule has 24 heavy (non-hydrogen) atoms. The molecule has 3 aromatic rings. The lowest BCUT2D eigenvalue weighted by Crippen LogP contribution is -2.07. The van der Waals surface area contributed by atoms with E-state index in [9.17, 15) is 18.4 Å². The van der Waals surface area contributed by atoms with E-state index in [0.717, 1.165) is 0 Å². The number of halogens is 4. The van der Waals surface area contributed by atoms with Crippen LogP contribution >= 0.6 is 11.6 Å². The highest BCUT2D eigenvalue weighted by Crippen LogP contribution is 2.42. The van der Waals surface area contributed by atoms with E-state index in [1.54, 1.807) is 54.6 Å². The average Bonchev–Trinajstić information content (AvgIpc) is 2.96. The van der Waals surface area contributed by atoms with Gasteiger partial charge in [0.1, 0.15) is 11.8 Å². The number of nitrogens with one attached hydrogen (secondary N) is 1. The second kappa shape index (κ2) is 6.06. The summed E-state index contributed by atoms with van der Waals surface area (Å²) in [5.74, 6) is 0. The van der Waals surface area contributed by atoms with Gasteiger partial charge in [0.05, 0.1) is 11.3 Å². The Kier molecular flexibility index (Phi) is 4.08. The van der Waals surface area contributed by atoms with Gasteiger partial charge in [-0.3, -0.25) is 0 Å². The minimum atomic E-state index is -4.61. The molecular weight excluding hydrogens is 337 g/mol. The Morgan fingerprint density at radius 1 is 0.917 bits per heavy atom. The summed E-state index contributed by atoms with van der Waals surface area (Å²) in [6.07, 6.45) is -4.61. The molecule has 2 aromatic carbocycles. The third-order valence-electron chi connectivity index (χ3n) is 3.59. The largest absolute Gasteiger partial charge is 0.431 e. The SMILES string of the molecule is N#Cc1c(-c2ccc(Cl)cc2)[nH]c(C(F)(F)F)c1-c1ccccc1. The topological polar surface area (TPSA) is 39.6 Å². The van der Waals surface area contributed by atoms with Crippen LogP contribution in [0.2, 0.25) is 5.02 Å². The first-order valence-electron chi connectivity index (χ1n) is 6.96. The van der Waals surface area contributed by atoms with Crippen molar-refractivity contribution in [1.82, 2.24) is 4.98 Å². The fourth-order valence-corrected chi connectivity index (χ4v) is 2.68. The van der Waals surface area contributed by atoms with Crippen molar-refractivity contribution in [3.05, 3.63) is 70.9 Å². The van der Waals surface area contributed by atoms with Crippen molar-refractivity contribution in [1.29, 1.82) is 5.26 Å². The predicted octanol–water partition coefficient (Wildman–Crippen LogP) is 5.89. The van der Waals surface area contributed by atoms with Gasteiger partial charge in [-0.25, -0.2) is 0 Å². The number of hydrogen-bond acceptors (Lipinski definition) is 1. The van der Waals surface area contributed by atoms with Gasteiger partial charge in [-0.05, 0) is 23.3 Å². The summed E-state index contributed by atoms with van der Waals surface area (Å²) in [4.78, 5) is 2.38. The number of benzene rings is 2. The number of hydrogen-bond donors (Lipinski definition) is 1. The highest BCUT2D eigenvalue weighted by molar-refractivity contribution is 6.30. The van der Waals surface area contributed by atoms with Gasteiger partial charge in [0, 0.05) is 10.6 Å². The summed E-state index contributed by atoms with van der Waals surface area (Å²) in [5, 5.41) is 9.95. The Bertz CT molecular complexity index is 904. The molecule has 0 bridgehead atoms. The van der Waals surface area contributed by atoms with Gasteiger partial charge < -0.3 is 4.98 Å². The average molecular weight is 347 g/mol. The summed E-state index contributed by atoms with van der Waals surface area (Å²) in [6.45, 7) is 0. The standard InChI is InChI=1S/C18H10ClF3N2/c19-13-8-6-12(7-9-13)16-14(10-23)15(11-4-2-1-3-5-11)17(24-16)18(20,21)22/h1-9,24H. The quantitative estimate of drug-likeness (QED) is 0.617. The summed E-state index contributed by atoms with van der Waals surface area (Å²) in [7, 11) is 0. The number of nitriles is 1. The third kappa shape index (κ3) is 2.89. The molecular formula is C18H10ClF3N2. The van der Waals surface area contributed by atoms with Crippen molar-refractivity contribution in [3.8, 4) is 28.5 Å². The van der Waals surface area contributed by atoms with Gasteiger partial charge in [-0.15, -0.1) is 0 Å². The van der Waals surface area contributed by atoms with Gasteiger partial charge >= 0.3 is 6.18 Å². The molecule has 2 nitrogen and oxygen atoms in total. The van der Waals surface area contributed by atoms with Crippen LogP contribution in [0.3, 0.4) is 0 Å². The lowest BCUT2D eigenvalue weighted by Gasteiger charge is -2.08. The molecule has 3 rings (SSSR count). The molecule has 1 heterocycles. The lowest BCUT2D eigenvalue weighted by molar-refractivity contribution is -0.140. The van der Waals surface area contributed by atoms with Crippen molar-refractivity contribution in [2.75, 3.05) is 0 Å². The van der Waals surface area contributed by atoms with Crippen LogP contribution in [0.25, 0.3) is 22.4 Å². The fourth-order valence-electron chi connectivity index (χ4n) is 2.55. The highest BCUT2D eigenvalue weighted by atomic mass is 35.5. The van der Waals surface area contributed by atoms with Crippen LogP contribution in [0.1, 0.15) is 11.3 Å². The molecule has 120 valence electrons. The first-order chi connectivity index (χ1) is 11.4. The van der Waals surface area contributed by atoms with Crippen LogP contribution in [-0.4, -0.2) is 4.98 Å². The maximum Gasteiger partial charge on any atom is 0.431 e. The molecule has 0 radical (unpaired) electrons. The molecule has 0 amide bonds. The number of H-pyrrole nitrogens is 1. The molecule has 0 aliphatic heterocycles. The summed E-state index contributed by atoms with van der Waals surface area (Å²) in [6, 6.07) is 16.2. The first-order valence-corrected chi connectivity index (χ1v) is 7.34. The Balaban J connectivity index is 2.32. The molecule has 1 aromatic heterocycles. The van der Waals surface area contributed by atoms with Crippen molar-refractivity contribution in [3.63, 3.8) is 0 Å². The number of aromatic amines is 1. The monoisotopic (exact) mass is 346 g/mol. The van der Waals surface area contributed by atoms with Gasteiger partial charge in [-0.2, -0.15) is 18.4 Å². The highest BCUT2D eigenvalue weighted by Gasteiger charge is 2.38. The van der Waals surface area contributed by atoms with Crippen LogP contribution in [0, 0.1) is 11.3 Å². The Morgan fingerprint density at radius 2 is 1.54 bits per heavy atom. The van der Waals surface area contributed by atoms with E-state index in [-0.39, 0.29) is 16.8 Å². The van der Waals surface area contributed by atoms with Crippen LogP contribution in [0.15, 0.2) is 54.6 Å². The van der Waals surface area contributed by atoms with E-state index >= 15 is 0 Å². The molecule has 0 aliphatic carbocycles. The Hall–Kier alpha value is -2.71. The predicted molar refractivity (Wildman–Crippen MR) is 86.4 cm³/mol. The number of aromatic nitrogens is 1. The molecule has 0 spiro atoms. The van der Waals surface area contributed by atoms with Crippen LogP contribution in [-0.2, 0) is 6.18 Å². The molecule has 0 fully saturated rings. The fraction of sp³-hybridized carbons (Fsp3) is 0.0556. The molecule has 0 atom stereocenters. The number of alkyl halides is 3. The van der Waals surface area contributed by atoms with Gasteiger partial charge in [-0.1, -0.05) is 54.1 Å². The van der Waals surface area contributed by atoms with Crippen LogP contribution < -0.4 is 0 Å². The summed E-state index contributed by atoms with van der Waals surface area (Å²) < 4.78 is 40.4. The molecule has 6 heteroatoms. The molecule has 0 saturated heterocycles. The zero-order chi connectivity index (χ0) is 17.3. The van der Waals surface area contributed by atoms with E-state index in [4.69, 9.17) is 11.6 Å². The molecule has 1 N–H and O–H groups in total. The van der Waals surface area contributed by atoms with Crippen molar-refractivity contribution in [2.45, 2.75) is 6.18 Å². The van der Waals surface area contributed by atoms with E-state index in [2.05, 4.69) is 4.98 Å². The van der Waals surface area contributed by atoms with Crippen molar-refractivity contribution < 1.29 is 13.2 Å². The van der Waals surface area contributed by atoms with Crippen molar-refractivity contribution >= 4 is 11.6 Å². The third-order valence-corrected chi connectivity index (χ3v) is 3.84. The normalized spacial score (nSPS) is 11.3. The maximum absolute atomic E-state index is 13.5. The Labute approximate surface area is 141 Å². The van der Waals surface area contributed by atoms with Gasteiger partial charge in [0.2, 0.25) is 0 Å². The van der Waals surface area contributed by atoms with E-state index in [0.29, 0.717) is 16.1 Å². The minimum absolute atomic E-state index is 0.0455. The molecule has 0 unspecified atom stereocenters. The van der Waals surface area contributed by atoms with Crippen LogP contribution in [0.4, 0.5) is 13.2 Å². The molecule has 0 aliphatic rings. The maximum atomic E-state index is 13.5. The zero-order valence-electron chi connectivity index (χ0n) is 12.2. The van der Waals surface area contributed by atoms with E-state index < -0.39 is 11.9 Å². The number of rotatable bonds is 2. The number of nitrogens with zero attached hydrogens (tertiary/aromatic N) is 1. The summed E-state index contributed by atoms with van der Waals surface area (Å²) in [5.41, 5.74) is -0.205. The second-order valence-electron chi connectivity index (χ2n) is 5.11. The van der Waals surface area contributed by atoms with Gasteiger partial charge in [0.15, 0.2) is 0 Å². The second-order valence-corrected chi connectivity index (χ2v) is 5.54. The smallest absolute Gasteiger partial charge is 0.349 e.